The van der Waals surface area contributed by atoms with Gasteiger partial charge in [0.2, 0.25) is 0 Å². The molecule has 0 bridgehead atoms. The van der Waals surface area contributed by atoms with Gasteiger partial charge in [-0.25, -0.2) is 0 Å². The lowest BCUT2D eigenvalue weighted by Crippen LogP contribution is -2.14. The first-order chi connectivity index (χ1) is 6.92. The molecule has 0 saturated carbocycles. The molecule has 1 aromatic rings. The minimum Gasteiger partial charge on any atom is -0.384 e. The fourth-order valence-electron chi connectivity index (χ4n) is 1.83. The lowest BCUT2D eigenvalue weighted by molar-refractivity contribution is 0.771. The highest BCUT2D eigenvalue weighted by Crippen LogP contribution is 2.25. The summed E-state index contributed by atoms with van der Waals surface area (Å²) in [7, 11) is 0. The van der Waals surface area contributed by atoms with Crippen molar-refractivity contribution >= 4 is 5.69 Å². The molecule has 1 aliphatic rings. The molecule has 0 aliphatic carbocycles. The molecule has 1 heterocycles. The number of terminal acetylenes is 1. The molecule has 0 radical (unpaired) electrons. The smallest absolute Gasteiger partial charge is 0.0576 e. The van der Waals surface area contributed by atoms with E-state index in [4.69, 9.17) is 6.42 Å². The molecule has 2 nitrogen and oxygen atoms in total. The fraction of sp³-hybridized carbons (Fsp3) is 0.333. The summed E-state index contributed by atoms with van der Waals surface area (Å²) in [6.07, 6.45) is 6.31. The summed E-state index contributed by atoms with van der Waals surface area (Å²) in [4.78, 5) is 0. The van der Waals surface area contributed by atoms with E-state index in [9.17, 15) is 0 Å². The van der Waals surface area contributed by atoms with E-state index in [0.717, 1.165) is 19.5 Å². The van der Waals surface area contributed by atoms with Crippen molar-refractivity contribution in [3.8, 4) is 12.3 Å². The van der Waals surface area contributed by atoms with E-state index in [-0.39, 0.29) is 0 Å². The van der Waals surface area contributed by atoms with Crippen LogP contribution in [0.5, 0.6) is 0 Å². The molecule has 2 heteroatoms. The van der Waals surface area contributed by atoms with E-state index >= 15 is 0 Å². The number of benzene rings is 1. The van der Waals surface area contributed by atoms with E-state index < -0.39 is 0 Å². The fourth-order valence-corrected chi connectivity index (χ4v) is 1.83. The van der Waals surface area contributed by atoms with Crippen molar-refractivity contribution in [2.45, 2.75) is 13.0 Å². The van der Waals surface area contributed by atoms with Gasteiger partial charge in [0.25, 0.3) is 0 Å². The Balaban J connectivity index is 2.11. The average Bonchev–Trinajstić information content (AvgIpc) is 2.67. The normalized spacial score (nSPS) is 13.1. The molecule has 0 atom stereocenters. The molecule has 0 amide bonds. The second-order valence-electron chi connectivity index (χ2n) is 3.44. The minimum atomic E-state index is 0.629. The van der Waals surface area contributed by atoms with Crippen molar-refractivity contribution in [2.24, 2.45) is 0 Å². The summed E-state index contributed by atoms with van der Waals surface area (Å²) in [5.41, 5.74) is 4.04. The second-order valence-corrected chi connectivity index (χ2v) is 3.44. The monoisotopic (exact) mass is 186 g/mol. The Morgan fingerprint density at radius 2 is 2.43 bits per heavy atom. The Bertz CT molecular complexity index is 363. The van der Waals surface area contributed by atoms with E-state index in [1.54, 1.807) is 0 Å². The molecule has 2 rings (SSSR count). The van der Waals surface area contributed by atoms with E-state index in [2.05, 4.69) is 34.8 Å². The Hall–Kier alpha value is -1.46. The first-order valence-electron chi connectivity index (χ1n) is 4.90. The van der Waals surface area contributed by atoms with Crippen LogP contribution >= 0.6 is 0 Å². The zero-order chi connectivity index (χ0) is 9.80. The summed E-state index contributed by atoms with van der Waals surface area (Å²) in [6, 6.07) is 6.43. The third-order valence-corrected chi connectivity index (χ3v) is 2.48. The van der Waals surface area contributed by atoms with Gasteiger partial charge in [-0.15, -0.1) is 6.42 Å². The summed E-state index contributed by atoms with van der Waals surface area (Å²) < 4.78 is 0. The summed E-state index contributed by atoms with van der Waals surface area (Å²) in [6.45, 7) is 2.53. The van der Waals surface area contributed by atoms with Crippen LogP contribution in [0.15, 0.2) is 18.2 Å². The van der Waals surface area contributed by atoms with Gasteiger partial charge in [-0.05, 0) is 17.5 Å². The number of anilines is 1. The van der Waals surface area contributed by atoms with Crippen molar-refractivity contribution in [3.05, 3.63) is 29.3 Å². The van der Waals surface area contributed by atoms with E-state index in [1.165, 1.54) is 16.8 Å². The van der Waals surface area contributed by atoms with Crippen molar-refractivity contribution in [3.63, 3.8) is 0 Å². The van der Waals surface area contributed by atoms with Gasteiger partial charge in [-0.2, -0.15) is 0 Å². The molecular formula is C12H14N2. The third kappa shape index (κ3) is 1.73. The topological polar surface area (TPSA) is 24.1 Å². The summed E-state index contributed by atoms with van der Waals surface area (Å²) in [5.74, 6) is 2.57. The van der Waals surface area contributed by atoms with Crippen molar-refractivity contribution in [2.75, 3.05) is 18.4 Å². The number of rotatable bonds is 3. The van der Waals surface area contributed by atoms with Crippen LogP contribution in [-0.2, 0) is 13.0 Å². The zero-order valence-corrected chi connectivity index (χ0v) is 8.14. The molecule has 0 unspecified atom stereocenters. The molecule has 1 aromatic carbocycles. The van der Waals surface area contributed by atoms with Gasteiger partial charge in [0.05, 0.1) is 6.54 Å². The van der Waals surface area contributed by atoms with Crippen LogP contribution in [0.3, 0.4) is 0 Å². The Kier molecular flexibility index (Phi) is 2.71. The maximum atomic E-state index is 5.18. The Morgan fingerprint density at radius 1 is 1.50 bits per heavy atom. The molecule has 2 N–H and O–H groups in total. The van der Waals surface area contributed by atoms with Crippen LogP contribution in [0.25, 0.3) is 0 Å². The van der Waals surface area contributed by atoms with Gasteiger partial charge < -0.3 is 10.6 Å². The number of hydrogen-bond donors (Lipinski definition) is 2. The number of hydrogen-bond acceptors (Lipinski definition) is 2. The van der Waals surface area contributed by atoms with Gasteiger partial charge in [0.15, 0.2) is 0 Å². The molecule has 1 aliphatic heterocycles. The van der Waals surface area contributed by atoms with Gasteiger partial charge in [-0.1, -0.05) is 24.1 Å². The van der Waals surface area contributed by atoms with Crippen LogP contribution in [0.2, 0.25) is 0 Å². The molecule has 0 aromatic heterocycles. The minimum absolute atomic E-state index is 0.629. The molecule has 0 fully saturated rings. The summed E-state index contributed by atoms with van der Waals surface area (Å²) in [5, 5.41) is 6.61. The average molecular weight is 186 g/mol. The molecule has 0 saturated heterocycles. The third-order valence-electron chi connectivity index (χ3n) is 2.48. The van der Waals surface area contributed by atoms with Crippen molar-refractivity contribution in [1.29, 1.82) is 0 Å². The molecular weight excluding hydrogens is 172 g/mol. The van der Waals surface area contributed by atoms with Gasteiger partial charge >= 0.3 is 0 Å². The van der Waals surface area contributed by atoms with Crippen molar-refractivity contribution in [1.82, 2.24) is 5.32 Å². The number of nitrogens with one attached hydrogen (secondary N) is 2. The standard InChI is InChI=1S/C12H14N2/c1-2-7-13-9-11-5-3-4-10-6-8-14-12(10)11/h1,3-5,13-14H,6-9H2. The highest BCUT2D eigenvalue weighted by atomic mass is 14.9. The quantitative estimate of drug-likeness (QED) is 0.550. The van der Waals surface area contributed by atoms with Crippen LogP contribution in [-0.4, -0.2) is 13.1 Å². The number of para-hydroxylation sites is 1. The van der Waals surface area contributed by atoms with Gasteiger partial charge in [0, 0.05) is 18.8 Å². The lowest BCUT2D eigenvalue weighted by Gasteiger charge is -2.08. The van der Waals surface area contributed by atoms with Crippen LogP contribution in [0.1, 0.15) is 11.1 Å². The first kappa shape index (κ1) is 9.11. The highest BCUT2D eigenvalue weighted by Gasteiger charge is 2.12. The van der Waals surface area contributed by atoms with Crippen LogP contribution in [0, 0.1) is 12.3 Å². The van der Waals surface area contributed by atoms with Gasteiger partial charge in [-0.3, -0.25) is 0 Å². The van der Waals surface area contributed by atoms with E-state index in [0.29, 0.717) is 6.54 Å². The predicted molar refractivity (Wildman–Crippen MR) is 59.2 cm³/mol. The van der Waals surface area contributed by atoms with Crippen LogP contribution < -0.4 is 10.6 Å². The van der Waals surface area contributed by atoms with E-state index in [1.807, 2.05) is 0 Å². The second kappa shape index (κ2) is 4.17. The molecule has 72 valence electrons. The lowest BCUT2D eigenvalue weighted by atomic mass is 10.1. The number of fused-ring (bicyclic) bond motifs is 1. The van der Waals surface area contributed by atoms with Crippen LogP contribution in [0.4, 0.5) is 5.69 Å². The molecule has 14 heavy (non-hydrogen) atoms. The zero-order valence-electron chi connectivity index (χ0n) is 8.14. The molecule has 0 spiro atoms. The van der Waals surface area contributed by atoms with Gasteiger partial charge in [0.1, 0.15) is 0 Å². The largest absolute Gasteiger partial charge is 0.384 e. The highest BCUT2D eigenvalue weighted by molar-refractivity contribution is 5.61. The Labute approximate surface area is 84.7 Å². The maximum absolute atomic E-state index is 5.18. The first-order valence-corrected chi connectivity index (χ1v) is 4.90. The Morgan fingerprint density at radius 3 is 3.29 bits per heavy atom. The van der Waals surface area contributed by atoms with Crippen molar-refractivity contribution < 1.29 is 0 Å². The summed E-state index contributed by atoms with van der Waals surface area (Å²) >= 11 is 0. The maximum Gasteiger partial charge on any atom is 0.0576 e. The SMILES string of the molecule is C#CCNCc1cccc2c1NCC2. The predicted octanol–water partition coefficient (Wildman–Crippen LogP) is 1.38.